The Morgan fingerprint density at radius 3 is 1.59 bits per heavy atom. The van der Waals surface area contributed by atoms with Crippen LogP contribution in [0, 0.1) is 16.7 Å². The van der Waals surface area contributed by atoms with Gasteiger partial charge < -0.3 is 90.2 Å². The van der Waals surface area contributed by atoms with Crippen LogP contribution < -0.4 is 59.7 Å². The average Bonchev–Trinajstić information content (AvgIpc) is 3.71. The molecule has 1 rings (SSSR count). The van der Waals surface area contributed by atoms with E-state index in [1.165, 1.54) is 4.90 Å². The number of carbonyl (C=O) groups excluding carboxylic acids is 7. The molecule has 21 N–H and O–H groups in total. The van der Waals surface area contributed by atoms with E-state index in [1.54, 1.807) is 13.8 Å². The summed E-state index contributed by atoms with van der Waals surface area (Å²) in [6.07, 6.45) is -0.516. The molecule has 0 radical (unpaired) electrons. The SMILES string of the molecule is CC(C)C[C@H](NC(=O)[C@H](CO)NC(=O)[C@H](CCCNC(=N)N)NC(=O)[C@H](CO)NC(=O)[C@@H](NC(=O)[C@H](CO)NC(=O)[C@@H]1CCCN1C(=O)[C@@H](N)CCCNC(=N)N)[C@@H](C)O)C(=O)O. The van der Waals surface area contributed by atoms with Crippen molar-refractivity contribution in [1.82, 2.24) is 47.4 Å². The number of carboxylic acids is 1. The van der Waals surface area contributed by atoms with Gasteiger partial charge >= 0.3 is 5.97 Å². The maximum Gasteiger partial charge on any atom is 0.326 e. The highest BCUT2D eigenvalue weighted by Crippen LogP contribution is 2.19. The minimum Gasteiger partial charge on any atom is -0.480 e. The number of aliphatic carboxylic acids is 1. The van der Waals surface area contributed by atoms with Crippen molar-refractivity contribution in [3.8, 4) is 0 Å². The fourth-order valence-electron chi connectivity index (χ4n) is 6.26. The molecule has 1 heterocycles. The minimum atomic E-state index is -1.85. The number of aliphatic hydroxyl groups excluding tert-OH is 4. The van der Waals surface area contributed by atoms with Crippen molar-refractivity contribution < 1.29 is 63.9 Å². The lowest BCUT2D eigenvalue weighted by Gasteiger charge is -2.29. The first-order chi connectivity index (χ1) is 29.6. The molecule has 1 saturated heterocycles. The summed E-state index contributed by atoms with van der Waals surface area (Å²) in [5.41, 5.74) is 16.6. The smallest absolute Gasteiger partial charge is 0.326 e. The second kappa shape index (κ2) is 27.9. The normalized spacial score (nSPS) is 17.3. The molecule has 0 unspecified atom stereocenters. The van der Waals surface area contributed by atoms with Gasteiger partial charge in [-0.3, -0.25) is 44.4 Å². The summed E-state index contributed by atoms with van der Waals surface area (Å²) in [5, 5.41) is 83.0. The summed E-state index contributed by atoms with van der Waals surface area (Å²) in [6.45, 7) is 2.00. The van der Waals surface area contributed by atoms with Gasteiger partial charge in [-0.2, -0.15) is 0 Å². The monoisotopic (exact) mass is 902 g/mol. The van der Waals surface area contributed by atoms with E-state index in [0.29, 0.717) is 19.4 Å². The number of hydrogen-bond acceptors (Lipinski definition) is 15. The Balaban J connectivity index is 3.08. The lowest BCUT2D eigenvalue weighted by molar-refractivity contribution is -0.143. The van der Waals surface area contributed by atoms with Gasteiger partial charge in [0, 0.05) is 19.6 Å². The van der Waals surface area contributed by atoms with Crippen LogP contribution in [0.5, 0.6) is 0 Å². The highest BCUT2D eigenvalue weighted by Gasteiger charge is 2.39. The number of carboxylic acid groups (broad SMARTS) is 1. The average molecular weight is 903 g/mol. The number of nitrogens with one attached hydrogen (secondary N) is 10. The molecule has 9 atom stereocenters. The Bertz CT molecular complexity index is 1600. The third-order valence-corrected chi connectivity index (χ3v) is 9.61. The van der Waals surface area contributed by atoms with Gasteiger partial charge in [-0.15, -0.1) is 0 Å². The topological polar surface area (TPSA) is 463 Å². The molecule has 0 saturated carbocycles. The van der Waals surface area contributed by atoms with Gasteiger partial charge in [-0.05, 0) is 57.8 Å². The molecule has 0 spiro atoms. The second-order valence-electron chi connectivity index (χ2n) is 15.3. The molecule has 0 aromatic heterocycles. The highest BCUT2D eigenvalue weighted by molar-refractivity contribution is 5.98. The summed E-state index contributed by atoms with van der Waals surface area (Å²) in [6, 6.07) is -12.0. The molecule has 358 valence electrons. The maximum atomic E-state index is 13.4. The van der Waals surface area contributed by atoms with Crippen molar-refractivity contribution in [2.24, 2.45) is 23.1 Å². The zero-order chi connectivity index (χ0) is 48.0. The molecule has 0 bridgehead atoms. The Hall–Kier alpha value is -5.90. The first kappa shape index (κ1) is 55.1. The van der Waals surface area contributed by atoms with Gasteiger partial charge in [0.2, 0.25) is 41.4 Å². The van der Waals surface area contributed by atoms with Crippen LogP contribution in [0.15, 0.2) is 0 Å². The van der Waals surface area contributed by atoms with Crippen LogP contribution in [0.3, 0.4) is 0 Å². The van der Waals surface area contributed by atoms with Crippen molar-refractivity contribution in [2.75, 3.05) is 39.5 Å². The van der Waals surface area contributed by atoms with Crippen LogP contribution in [-0.2, 0) is 38.4 Å². The lowest BCUT2D eigenvalue weighted by Crippen LogP contribution is -2.62. The number of likely N-dealkylation sites (tertiary alicyclic amines) is 1. The Kier molecular flexibility index (Phi) is 24.4. The first-order valence-corrected chi connectivity index (χ1v) is 20.4. The number of nitrogens with zero attached hydrogens (tertiary/aromatic N) is 1. The van der Waals surface area contributed by atoms with Crippen LogP contribution in [0.1, 0.15) is 65.7 Å². The van der Waals surface area contributed by atoms with E-state index in [0.717, 1.165) is 6.92 Å². The van der Waals surface area contributed by atoms with Crippen LogP contribution in [0.2, 0.25) is 0 Å². The largest absolute Gasteiger partial charge is 0.480 e. The Morgan fingerprint density at radius 2 is 1.11 bits per heavy atom. The molecule has 27 nitrogen and oxygen atoms in total. The maximum absolute atomic E-state index is 13.4. The number of guanidine groups is 2. The molecule has 7 amide bonds. The number of aliphatic hydroxyl groups is 4. The Labute approximate surface area is 363 Å². The third kappa shape index (κ3) is 19.4. The summed E-state index contributed by atoms with van der Waals surface area (Å²) >= 11 is 0. The van der Waals surface area contributed by atoms with E-state index in [1.807, 2.05) is 0 Å². The minimum absolute atomic E-state index is 0.0328. The lowest BCUT2D eigenvalue weighted by atomic mass is 10.0. The molecule has 27 heteroatoms. The van der Waals surface area contributed by atoms with Crippen molar-refractivity contribution >= 4 is 59.2 Å². The van der Waals surface area contributed by atoms with Crippen molar-refractivity contribution in [2.45, 2.75) is 120 Å². The zero-order valence-electron chi connectivity index (χ0n) is 35.6. The predicted molar refractivity (Wildman–Crippen MR) is 223 cm³/mol. The van der Waals surface area contributed by atoms with E-state index in [9.17, 15) is 63.9 Å². The van der Waals surface area contributed by atoms with Crippen LogP contribution in [0.25, 0.3) is 0 Å². The van der Waals surface area contributed by atoms with Gasteiger partial charge in [0.25, 0.3) is 0 Å². The van der Waals surface area contributed by atoms with E-state index in [4.69, 9.17) is 28.0 Å². The van der Waals surface area contributed by atoms with E-state index in [-0.39, 0.29) is 57.1 Å². The highest BCUT2D eigenvalue weighted by atomic mass is 16.4. The van der Waals surface area contributed by atoms with E-state index in [2.05, 4.69) is 42.5 Å². The van der Waals surface area contributed by atoms with Gasteiger partial charge in [0.05, 0.1) is 32.0 Å². The van der Waals surface area contributed by atoms with Crippen LogP contribution >= 0.6 is 0 Å². The summed E-state index contributed by atoms with van der Waals surface area (Å²) in [7, 11) is 0. The molecule has 1 aliphatic rings. The predicted octanol–water partition coefficient (Wildman–Crippen LogP) is -7.77. The molecule has 0 aliphatic carbocycles. The molecule has 0 aromatic rings. The molecular weight excluding hydrogens is 836 g/mol. The molecular formula is C36H66N14O13. The van der Waals surface area contributed by atoms with Crippen molar-refractivity contribution in [1.29, 1.82) is 10.8 Å². The fraction of sp³-hybridized carbons (Fsp3) is 0.722. The van der Waals surface area contributed by atoms with Gasteiger partial charge in [0.15, 0.2) is 11.9 Å². The first-order valence-electron chi connectivity index (χ1n) is 20.4. The van der Waals surface area contributed by atoms with Gasteiger partial charge in [-0.25, -0.2) is 4.79 Å². The fourth-order valence-corrected chi connectivity index (χ4v) is 6.26. The van der Waals surface area contributed by atoms with Crippen molar-refractivity contribution in [3.05, 3.63) is 0 Å². The van der Waals surface area contributed by atoms with E-state index >= 15 is 0 Å². The molecule has 63 heavy (non-hydrogen) atoms. The van der Waals surface area contributed by atoms with Crippen molar-refractivity contribution in [3.63, 3.8) is 0 Å². The molecule has 0 aromatic carbocycles. The van der Waals surface area contributed by atoms with Gasteiger partial charge in [-0.1, -0.05) is 13.8 Å². The van der Waals surface area contributed by atoms with E-state index < -0.39 is 128 Å². The third-order valence-electron chi connectivity index (χ3n) is 9.61. The standard InChI is InChI=1S/C36H66N14O13/c1-17(2)13-21(34(62)63)45-29(57)22(14-51)46-27(55)20(8-5-11-43-36(40)41)44-28(56)23(15-52)48-32(60)26(18(3)54)49-30(58)24(16-53)47-31(59)25-9-6-12-50(25)33(61)19(37)7-4-10-42-35(38)39/h17-26,51-54H,4-16,37H2,1-3H3,(H,44,56)(H,45,57)(H,46,55)(H,47,59)(H,48,60)(H,49,58)(H,62,63)(H4,38,39,42)(H4,40,41,43)/t18-,19+,20+,21+,22+,23+,24+,25+,26+/m1/s1. The van der Waals surface area contributed by atoms with Gasteiger partial charge in [0.1, 0.15) is 42.3 Å². The summed E-state index contributed by atoms with van der Waals surface area (Å²) in [4.78, 5) is 106. The second-order valence-corrected chi connectivity index (χ2v) is 15.3. The Morgan fingerprint density at radius 1 is 0.667 bits per heavy atom. The number of amides is 7. The number of rotatable bonds is 28. The van der Waals surface area contributed by atoms with Crippen LogP contribution in [-0.4, -0.2) is 184 Å². The summed E-state index contributed by atoms with van der Waals surface area (Å²) in [5.74, 6) is -9.12. The van der Waals surface area contributed by atoms with Crippen LogP contribution in [0.4, 0.5) is 0 Å². The molecule has 1 fully saturated rings. The zero-order valence-corrected chi connectivity index (χ0v) is 35.6. The molecule has 1 aliphatic heterocycles. The number of nitrogens with two attached hydrogens (primary N) is 3. The number of carbonyl (C=O) groups is 8. The quantitative estimate of drug-likeness (QED) is 0.0197. The summed E-state index contributed by atoms with van der Waals surface area (Å²) < 4.78 is 0. The number of hydrogen-bond donors (Lipinski definition) is 18.